The van der Waals surface area contributed by atoms with E-state index >= 15 is 0 Å². The van der Waals surface area contributed by atoms with E-state index in [-0.39, 0.29) is 17.1 Å². The molecule has 0 amide bonds. The number of aryl methyl sites for hydroxylation is 2. The Bertz CT molecular complexity index is 1220. The topological polar surface area (TPSA) is 102 Å². The molecule has 0 bridgehead atoms. The van der Waals surface area contributed by atoms with Gasteiger partial charge in [0.25, 0.3) is 5.56 Å². The first-order valence-corrected chi connectivity index (χ1v) is 9.60. The summed E-state index contributed by atoms with van der Waals surface area (Å²) in [7, 11) is 1.51. The Balaban J connectivity index is 1.96. The molecular formula is C20H23N5O4. The molecule has 152 valence electrons. The number of carbonyl (C=O) groups is 1. The molecule has 0 fully saturated rings. The second-order valence-corrected chi connectivity index (χ2v) is 7.56. The Morgan fingerprint density at radius 1 is 1.21 bits per heavy atom. The summed E-state index contributed by atoms with van der Waals surface area (Å²) in [5, 5.41) is 9.10. The summed E-state index contributed by atoms with van der Waals surface area (Å²) in [5.41, 5.74) is 1.39. The average Bonchev–Trinajstić information content (AvgIpc) is 3.08. The van der Waals surface area contributed by atoms with Crippen LogP contribution >= 0.6 is 0 Å². The molecule has 9 heteroatoms. The molecular weight excluding hydrogens is 374 g/mol. The third-order valence-corrected chi connectivity index (χ3v) is 5.39. The van der Waals surface area contributed by atoms with Gasteiger partial charge in [-0.2, -0.15) is 4.98 Å². The number of benzene rings is 1. The molecule has 1 aliphatic heterocycles. The van der Waals surface area contributed by atoms with Crippen LogP contribution in [0.3, 0.4) is 0 Å². The first-order chi connectivity index (χ1) is 13.8. The van der Waals surface area contributed by atoms with E-state index in [4.69, 9.17) is 5.11 Å². The molecule has 0 saturated heterocycles. The van der Waals surface area contributed by atoms with Gasteiger partial charge in [-0.3, -0.25) is 14.2 Å². The van der Waals surface area contributed by atoms with E-state index in [2.05, 4.69) is 31.0 Å². The molecule has 3 heterocycles. The number of carboxylic acid groups (broad SMARTS) is 1. The molecule has 0 spiro atoms. The fraction of sp³-hybridized carbons (Fsp3) is 0.400. The van der Waals surface area contributed by atoms with Gasteiger partial charge < -0.3 is 14.6 Å². The molecule has 4 rings (SSSR count). The Kier molecular flexibility index (Phi) is 4.52. The molecule has 1 unspecified atom stereocenters. The van der Waals surface area contributed by atoms with Crippen LogP contribution in [0, 0.1) is 5.92 Å². The van der Waals surface area contributed by atoms with Crippen molar-refractivity contribution in [2.24, 2.45) is 13.0 Å². The van der Waals surface area contributed by atoms with Crippen LogP contribution in [-0.2, 0) is 31.4 Å². The molecule has 0 radical (unpaired) electrons. The molecule has 9 nitrogen and oxygen atoms in total. The molecule has 3 aromatic rings. The van der Waals surface area contributed by atoms with Crippen molar-refractivity contribution in [1.29, 1.82) is 0 Å². The number of nitrogens with zero attached hydrogens (tertiary/aromatic N) is 5. The number of carboxylic acids is 1. The van der Waals surface area contributed by atoms with Crippen LogP contribution < -0.4 is 16.1 Å². The molecule has 1 aliphatic rings. The van der Waals surface area contributed by atoms with Crippen molar-refractivity contribution < 1.29 is 9.90 Å². The third-order valence-electron chi connectivity index (χ3n) is 5.39. The van der Waals surface area contributed by atoms with Crippen molar-refractivity contribution >= 4 is 28.8 Å². The van der Waals surface area contributed by atoms with Gasteiger partial charge in [-0.05, 0) is 30.0 Å². The first kappa shape index (κ1) is 19.0. The van der Waals surface area contributed by atoms with E-state index < -0.39 is 23.8 Å². The number of rotatable bonds is 4. The monoisotopic (exact) mass is 397 g/mol. The Morgan fingerprint density at radius 2 is 1.90 bits per heavy atom. The minimum atomic E-state index is -1.24. The second-order valence-electron chi connectivity index (χ2n) is 7.56. The standard InChI is InChI=1S/C20H23N5O4/c1-4-13-5-7-14(8-6-13)23-9-12(2)10-24-16-17(21-19(23)24)22(3)20(29)25(18(16)28)11-15(26)27/h5-8,12H,4,9-11H2,1-3H3,(H,26,27). The van der Waals surface area contributed by atoms with Crippen LogP contribution in [0.15, 0.2) is 33.9 Å². The number of aliphatic carboxylic acids is 1. The fourth-order valence-corrected chi connectivity index (χ4v) is 3.91. The summed E-state index contributed by atoms with van der Waals surface area (Å²) < 4.78 is 3.80. The van der Waals surface area contributed by atoms with Crippen LogP contribution in [-0.4, -0.2) is 36.3 Å². The van der Waals surface area contributed by atoms with Crippen molar-refractivity contribution in [3.8, 4) is 0 Å². The Morgan fingerprint density at radius 3 is 2.52 bits per heavy atom. The lowest BCUT2D eigenvalue weighted by Crippen LogP contribution is -2.41. The highest BCUT2D eigenvalue weighted by Crippen LogP contribution is 2.32. The Labute approximate surface area is 166 Å². The van der Waals surface area contributed by atoms with Crippen LogP contribution in [0.25, 0.3) is 11.2 Å². The van der Waals surface area contributed by atoms with Crippen LogP contribution in [0.5, 0.6) is 0 Å². The highest BCUT2D eigenvalue weighted by atomic mass is 16.4. The highest BCUT2D eigenvalue weighted by molar-refractivity contribution is 5.77. The van der Waals surface area contributed by atoms with Gasteiger partial charge in [0.15, 0.2) is 11.2 Å². The van der Waals surface area contributed by atoms with Gasteiger partial charge in [0, 0.05) is 25.8 Å². The lowest BCUT2D eigenvalue weighted by atomic mass is 10.1. The smallest absolute Gasteiger partial charge is 0.333 e. The molecule has 1 atom stereocenters. The zero-order valence-electron chi connectivity index (χ0n) is 16.6. The van der Waals surface area contributed by atoms with Crippen molar-refractivity contribution in [3.05, 3.63) is 50.7 Å². The van der Waals surface area contributed by atoms with Gasteiger partial charge in [-0.25, -0.2) is 9.36 Å². The highest BCUT2D eigenvalue weighted by Gasteiger charge is 2.30. The zero-order chi connectivity index (χ0) is 20.9. The number of hydrogen-bond acceptors (Lipinski definition) is 5. The van der Waals surface area contributed by atoms with E-state index in [9.17, 15) is 14.4 Å². The summed E-state index contributed by atoms with van der Waals surface area (Å²) in [6.07, 6.45) is 0.945. The van der Waals surface area contributed by atoms with E-state index in [1.807, 2.05) is 17.0 Å². The molecule has 1 aromatic carbocycles. The largest absolute Gasteiger partial charge is 0.480 e. The van der Waals surface area contributed by atoms with Gasteiger partial charge in [0.05, 0.1) is 0 Å². The molecule has 0 aliphatic carbocycles. The summed E-state index contributed by atoms with van der Waals surface area (Å²) in [6.45, 7) is 4.79. The minimum absolute atomic E-state index is 0.232. The maximum absolute atomic E-state index is 13.0. The zero-order valence-corrected chi connectivity index (χ0v) is 16.6. The average molecular weight is 397 g/mol. The number of anilines is 2. The Hall–Kier alpha value is -3.36. The molecule has 2 aromatic heterocycles. The number of imidazole rings is 1. The summed E-state index contributed by atoms with van der Waals surface area (Å²) in [6, 6.07) is 8.19. The first-order valence-electron chi connectivity index (χ1n) is 9.60. The predicted octanol–water partition coefficient (Wildman–Crippen LogP) is 1.33. The van der Waals surface area contributed by atoms with E-state index in [1.165, 1.54) is 17.2 Å². The maximum Gasteiger partial charge on any atom is 0.333 e. The normalized spacial score (nSPS) is 16.2. The lowest BCUT2D eigenvalue weighted by molar-refractivity contribution is -0.137. The lowest BCUT2D eigenvalue weighted by Gasteiger charge is -2.33. The molecule has 0 saturated carbocycles. The fourth-order valence-electron chi connectivity index (χ4n) is 3.91. The van der Waals surface area contributed by atoms with Gasteiger partial charge in [0.2, 0.25) is 5.95 Å². The minimum Gasteiger partial charge on any atom is -0.480 e. The summed E-state index contributed by atoms with van der Waals surface area (Å²) >= 11 is 0. The van der Waals surface area contributed by atoms with E-state index in [0.29, 0.717) is 12.5 Å². The van der Waals surface area contributed by atoms with Crippen molar-refractivity contribution in [2.45, 2.75) is 33.4 Å². The number of aromatic nitrogens is 4. The van der Waals surface area contributed by atoms with Crippen molar-refractivity contribution in [2.75, 3.05) is 11.4 Å². The van der Waals surface area contributed by atoms with E-state index in [1.54, 1.807) is 4.57 Å². The van der Waals surface area contributed by atoms with Crippen molar-refractivity contribution in [1.82, 2.24) is 18.7 Å². The number of fused-ring (bicyclic) bond motifs is 3. The predicted molar refractivity (Wildman–Crippen MR) is 109 cm³/mol. The maximum atomic E-state index is 13.0. The van der Waals surface area contributed by atoms with Gasteiger partial charge in [0.1, 0.15) is 6.54 Å². The SMILES string of the molecule is CCc1ccc(N2CC(C)Cn3c2nc2c3c(=O)n(CC(=O)O)c(=O)n2C)cc1. The number of hydrogen-bond donors (Lipinski definition) is 1. The quantitative estimate of drug-likeness (QED) is 0.713. The summed E-state index contributed by atoms with van der Waals surface area (Å²) in [4.78, 5) is 43.4. The van der Waals surface area contributed by atoms with E-state index in [0.717, 1.165) is 23.2 Å². The molecule has 29 heavy (non-hydrogen) atoms. The van der Waals surface area contributed by atoms with Crippen LogP contribution in [0.1, 0.15) is 19.4 Å². The molecule has 1 N–H and O–H groups in total. The van der Waals surface area contributed by atoms with Gasteiger partial charge >= 0.3 is 11.7 Å². The summed E-state index contributed by atoms with van der Waals surface area (Å²) in [5.74, 6) is -0.425. The van der Waals surface area contributed by atoms with Gasteiger partial charge in [-0.1, -0.05) is 26.0 Å². The van der Waals surface area contributed by atoms with Crippen LogP contribution in [0.2, 0.25) is 0 Å². The van der Waals surface area contributed by atoms with Crippen molar-refractivity contribution in [3.63, 3.8) is 0 Å². The van der Waals surface area contributed by atoms with Crippen LogP contribution in [0.4, 0.5) is 11.6 Å². The third kappa shape index (κ3) is 3.02. The van der Waals surface area contributed by atoms with Gasteiger partial charge in [-0.15, -0.1) is 0 Å². The second kappa shape index (κ2) is 6.91.